The van der Waals surface area contributed by atoms with E-state index in [9.17, 15) is 5.26 Å². The number of benzene rings is 1. The third kappa shape index (κ3) is 3.63. The quantitative estimate of drug-likeness (QED) is 0.545. The summed E-state index contributed by atoms with van der Waals surface area (Å²) in [4.78, 5) is 5.99. The summed E-state index contributed by atoms with van der Waals surface area (Å²) in [5, 5.41) is 10.5. The molecule has 1 aromatic heterocycles. The van der Waals surface area contributed by atoms with E-state index in [0.717, 1.165) is 39.9 Å². The van der Waals surface area contributed by atoms with Crippen molar-refractivity contribution in [2.24, 2.45) is 16.3 Å². The van der Waals surface area contributed by atoms with E-state index < -0.39 is 0 Å². The number of hydrogen-bond acceptors (Lipinski definition) is 3. The van der Waals surface area contributed by atoms with Gasteiger partial charge in [0.2, 0.25) is 0 Å². The number of thiophene rings is 1. The average molecular weight is 401 g/mol. The van der Waals surface area contributed by atoms with Crippen molar-refractivity contribution < 1.29 is 0 Å². The van der Waals surface area contributed by atoms with Gasteiger partial charge in [-0.05, 0) is 53.9 Å². The van der Waals surface area contributed by atoms with Crippen LogP contribution < -0.4 is 0 Å². The summed E-state index contributed by atoms with van der Waals surface area (Å²) in [7, 11) is 0. The first-order chi connectivity index (χ1) is 11.4. The second-order valence-corrected chi connectivity index (χ2v) is 9.41. The zero-order chi connectivity index (χ0) is 17.3. The molecule has 0 spiro atoms. The maximum absolute atomic E-state index is 9.60. The monoisotopic (exact) mass is 400 g/mol. The highest BCUT2D eigenvalue weighted by Gasteiger charge is 2.32. The Morgan fingerprint density at radius 1 is 1.29 bits per heavy atom. The van der Waals surface area contributed by atoms with Crippen molar-refractivity contribution in [3.63, 3.8) is 0 Å². The molecule has 1 heterocycles. The van der Waals surface area contributed by atoms with Gasteiger partial charge in [0.05, 0.1) is 5.56 Å². The topological polar surface area (TPSA) is 36.1 Å². The lowest BCUT2D eigenvalue weighted by molar-refractivity contribution is 0.218. The van der Waals surface area contributed by atoms with Crippen LogP contribution in [0.25, 0.3) is 0 Å². The van der Waals surface area contributed by atoms with Crippen LogP contribution in [-0.2, 0) is 12.8 Å². The lowest BCUT2D eigenvalue weighted by Crippen LogP contribution is -2.26. The Morgan fingerprint density at radius 3 is 2.62 bits per heavy atom. The molecule has 2 aromatic rings. The number of halogens is 1. The zero-order valence-corrected chi connectivity index (χ0v) is 16.7. The average Bonchev–Trinajstić information content (AvgIpc) is 2.90. The second-order valence-electron chi connectivity index (χ2n) is 7.41. The highest BCUT2D eigenvalue weighted by molar-refractivity contribution is 9.10. The van der Waals surface area contributed by atoms with E-state index in [2.05, 4.69) is 47.8 Å². The molecule has 1 atom stereocenters. The third-order valence-corrected chi connectivity index (χ3v) is 6.48. The largest absolute Gasteiger partial charge is 0.244 e. The van der Waals surface area contributed by atoms with Crippen molar-refractivity contribution in [3.05, 3.63) is 50.3 Å². The van der Waals surface area contributed by atoms with E-state index in [1.165, 1.54) is 10.4 Å². The second kappa shape index (κ2) is 6.82. The molecule has 0 saturated heterocycles. The molecule has 0 bridgehead atoms. The Labute approximate surface area is 156 Å². The lowest BCUT2D eigenvalue weighted by Gasteiger charge is -2.33. The van der Waals surface area contributed by atoms with Gasteiger partial charge in [-0.3, -0.25) is 0 Å². The highest BCUT2D eigenvalue weighted by Crippen LogP contribution is 2.44. The minimum atomic E-state index is 0.315. The number of nitriles is 1. The number of rotatable bonds is 2. The Hall–Kier alpha value is -1.44. The van der Waals surface area contributed by atoms with Gasteiger partial charge >= 0.3 is 0 Å². The van der Waals surface area contributed by atoms with Gasteiger partial charge in [-0.15, -0.1) is 11.3 Å². The minimum Gasteiger partial charge on any atom is -0.244 e. The van der Waals surface area contributed by atoms with E-state index in [1.807, 2.05) is 30.5 Å². The molecule has 4 heteroatoms. The van der Waals surface area contributed by atoms with Gasteiger partial charge in [-0.2, -0.15) is 5.26 Å². The number of nitrogens with zero attached hydrogens (tertiary/aromatic N) is 2. The Morgan fingerprint density at radius 2 is 2.00 bits per heavy atom. The van der Waals surface area contributed by atoms with E-state index >= 15 is 0 Å². The molecular formula is C20H21BrN2S. The van der Waals surface area contributed by atoms with Crippen molar-refractivity contribution in [3.8, 4) is 6.07 Å². The molecule has 1 aliphatic carbocycles. The minimum absolute atomic E-state index is 0.315. The molecule has 0 N–H and O–H groups in total. The molecule has 0 saturated carbocycles. The lowest BCUT2D eigenvalue weighted by atomic mass is 9.72. The first-order valence-electron chi connectivity index (χ1n) is 8.22. The molecule has 2 nitrogen and oxygen atoms in total. The molecular weight excluding hydrogens is 380 g/mol. The highest BCUT2D eigenvalue weighted by atomic mass is 79.9. The van der Waals surface area contributed by atoms with Crippen LogP contribution in [-0.4, -0.2) is 6.21 Å². The van der Waals surface area contributed by atoms with Crippen molar-refractivity contribution in [1.29, 1.82) is 5.26 Å². The van der Waals surface area contributed by atoms with E-state index in [1.54, 1.807) is 11.3 Å². The normalized spacial score (nSPS) is 17.7. The summed E-state index contributed by atoms with van der Waals surface area (Å²) in [6, 6.07) is 10.4. The predicted octanol–water partition coefficient (Wildman–Crippen LogP) is 6.28. The van der Waals surface area contributed by atoms with Crippen LogP contribution in [0.1, 0.15) is 48.8 Å². The fourth-order valence-corrected chi connectivity index (χ4v) is 4.68. The van der Waals surface area contributed by atoms with Gasteiger partial charge in [-0.25, -0.2) is 4.99 Å². The van der Waals surface area contributed by atoms with E-state index in [4.69, 9.17) is 0 Å². The molecule has 0 radical (unpaired) electrons. The first kappa shape index (κ1) is 17.4. The summed E-state index contributed by atoms with van der Waals surface area (Å²) >= 11 is 5.14. The van der Waals surface area contributed by atoms with Gasteiger partial charge in [-0.1, -0.05) is 48.8 Å². The van der Waals surface area contributed by atoms with Crippen LogP contribution in [0.5, 0.6) is 0 Å². The Kier molecular flexibility index (Phi) is 4.94. The summed E-state index contributed by atoms with van der Waals surface area (Å²) in [5.41, 5.74) is 3.39. The van der Waals surface area contributed by atoms with Crippen LogP contribution in [0.4, 0.5) is 5.00 Å². The fourth-order valence-electron chi connectivity index (χ4n) is 3.20. The van der Waals surface area contributed by atoms with Crippen molar-refractivity contribution >= 4 is 38.5 Å². The maximum Gasteiger partial charge on any atom is 0.134 e. The SMILES string of the molecule is CC(C)(C)[C@H]1CCc2c(sc(N=Cc3ccc(Br)cc3)c2C#N)C1. The molecule has 0 fully saturated rings. The molecule has 0 aliphatic heterocycles. The third-order valence-electron chi connectivity index (χ3n) is 4.78. The molecule has 0 unspecified atom stereocenters. The summed E-state index contributed by atoms with van der Waals surface area (Å²) in [6.07, 6.45) is 5.10. The van der Waals surface area contributed by atoms with E-state index in [0.29, 0.717) is 11.3 Å². The van der Waals surface area contributed by atoms with Gasteiger partial charge in [0.25, 0.3) is 0 Å². The van der Waals surface area contributed by atoms with Crippen LogP contribution >= 0.6 is 27.3 Å². The number of aliphatic imine (C=N–C) groups is 1. The van der Waals surface area contributed by atoms with Crippen LogP contribution in [0, 0.1) is 22.7 Å². The zero-order valence-electron chi connectivity index (χ0n) is 14.3. The number of hydrogen-bond donors (Lipinski definition) is 0. The van der Waals surface area contributed by atoms with Crippen molar-refractivity contribution in [2.45, 2.75) is 40.0 Å². The number of fused-ring (bicyclic) bond motifs is 1. The molecule has 0 amide bonds. The Balaban J connectivity index is 1.89. The van der Waals surface area contributed by atoms with Crippen LogP contribution in [0.2, 0.25) is 0 Å². The molecule has 1 aromatic carbocycles. The van der Waals surface area contributed by atoms with E-state index in [-0.39, 0.29) is 0 Å². The van der Waals surface area contributed by atoms with Gasteiger partial charge < -0.3 is 0 Å². The van der Waals surface area contributed by atoms with Gasteiger partial charge in [0, 0.05) is 15.6 Å². The van der Waals surface area contributed by atoms with Crippen LogP contribution in [0.3, 0.4) is 0 Å². The van der Waals surface area contributed by atoms with Crippen molar-refractivity contribution in [1.82, 2.24) is 0 Å². The van der Waals surface area contributed by atoms with Crippen molar-refractivity contribution in [2.75, 3.05) is 0 Å². The van der Waals surface area contributed by atoms with Gasteiger partial charge in [0.1, 0.15) is 11.1 Å². The summed E-state index contributed by atoms with van der Waals surface area (Å²) in [6.45, 7) is 6.94. The van der Waals surface area contributed by atoms with Crippen LogP contribution in [0.15, 0.2) is 33.7 Å². The smallest absolute Gasteiger partial charge is 0.134 e. The standard InChI is InChI=1S/C20H21BrN2S/c1-20(2,3)14-6-9-16-17(11-22)19(24-18(16)10-14)23-12-13-4-7-15(21)8-5-13/h4-5,7-8,12,14H,6,9-10H2,1-3H3/t14-/m0/s1. The first-order valence-corrected chi connectivity index (χ1v) is 9.83. The molecule has 3 rings (SSSR count). The predicted molar refractivity (Wildman–Crippen MR) is 105 cm³/mol. The Bertz CT molecular complexity index is 804. The fraction of sp³-hybridized carbons (Fsp3) is 0.400. The van der Waals surface area contributed by atoms with Gasteiger partial charge in [0.15, 0.2) is 0 Å². The molecule has 124 valence electrons. The molecule has 24 heavy (non-hydrogen) atoms. The summed E-state index contributed by atoms with van der Waals surface area (Å²) in [5.74, 6) is 0.679. The summed E-state index contributed by atoms with van der Waals surface area (Å²) < 4.78 is 1.05. The maximum atomic E-state index is 9.60. The molecule has 1 aliphatic rings.